The second kappa shape index (κ2) is 10.1. The van der Waals surface area contributed by atoms with E-state index in [9.17, 15) is 9.59 Å². The summed E-state index contributed by atoms with van der Waals surface area (Å²) in [5.74, 6) is 0.762. The Kier molecular flexibility index (Phi) is 7.49. The van der Waals surface area contributed by atoms with E-state index in [4.69, 9.17) is 0 Å². The molecule has 1 aliphatic carbocycles. The summed E-state index contributed by atoms with van der Waals surface area (Å²) in [6, 6.07) is 10.2. The van der Waals surface area contributed by atoms with E-state index in [0.29, 0.717) is 12.5 Å². The van der Waals surface area contributed by atoms with E-state index in [1.165, 1.54) is 5.56 Å². The molecule has 0 radical (unpaired) electrons. The molecule has 0 bridgehead atoms. The molecule has 5 heteroatoms. The summed E-state index contributed by atoms with van der Waals surface area (Å²) in [5.41, 5.74) is 1.17. The first kappa shape index (κ1) is 20.8. The van der Waals surface area contributed by atoms with Crippen LogP contribution in [0.1, 0.15) is 45.1 Å². The summed E-state index contributed by atoms with van der Waals surface area (Å²) in [7, 11) is 0. The van der Waals surface area contributed by atoms with Crippen LogP contribution in [0.15, 0.2) is 30.3 Å². The summed E-state index contributed by atoms with van der Waals surface area (Å²) in [6.45, 7) is 10.4. The lowest BCUT2D eigenvalue weighted by atomic mass is 9.80. The summed E-state index contributed by atoms with van der Waals surface area (Å²) in [4.78, 5) is 32.3. The number of nitrogens with zero attached hydrogens (tertiary/aromatic N) is 3. The molecule has 0 N–H and O–H groups in total. The van der Waals surface area contributed by atoms with Gasteiger partial charge in [-0.15, -0.1) is 0 Å². The molecule has 0 atom stereocenters. The molecule has 0 spiro atoms. The summed E-state index contributed by atoms with van der Waals surface area (Å²) in [5, 5.41) is 0. The Morgan fingerprint density at radius 1 is 0.929 bits per heavy atom. The standard InChI is InChI=1S/C23H35N3O2/c1-3-24-14-16-26(17-15-24)23(28)21-12-10-20(11-13-21)22(27)25(4-2)18-19-8-6-5-7-9-19/h5-9,20-21H,3-4,10-18H2,1-2H3. The Bertz CT molecular complexity index is 633. The van der Waals surface area contributed by atoms with Gasteiger partial charge in [0.15, 0.2) is 0 Å². The van der Waals surface area contributed by atoms with Crippen LogP contribution >= 0.6 is 0 Å². The quantitative estimate of drug-likeness (QED) is 0.756. The summed E-state index contributed by atoms with van der Waals surface area (Å²) < 4.78 is 0. The Morgan fingerprint density at radius 2 is 1.54 bits per heavy atom. The molecular weight excluding hydrogens is 350 g/mol. The van der Waals surface area contributed by atoms with Gasteiger partial charge in [-0.1, -0.05) is 37.3 Å². The third-order valence-corrected chi connectivity index (χ3v) is 6.47. The number of rotatable bonds is 6. The number of piperazine rings is 1. The first-order chi connectivity index (χ1) is 13.6. The highest BCUT2D eigenvalue weighted by Gasteiger charge is 2.34. The summed E-state index contributed by atoms with van der Waals surface area (Å²) in [6.07, 6.45) is 3.39. The van der Waals surface area contributed by atoms with Crippen molar-refractivity contribution in [3.63, 3.8) is 0 Å². The van der Waals surface area contributed by atoms with Gasteiger partial charge in [0.1, 0.15) is 0 Å². The van der Waals surface area contributed by atoms with Crippen LogP contribution < -0.4 is 0 Å². The van der Waals surface area contributed by atoms with Gasteiger partial charge in [0.2, 0.25) is 11.8 Å². The van der Waals surface area contributed by atoms with Crippen LogP contribution in [-0.4, -0.2) is 65.8 Å². The van der Waals surface area contributed by atoms with E-state index >= 15 is 0 Å². The fourth-order valence-corrected chi connectivity index (χ4v) is 4.54. The van der Waals surface area contributed by atoms with Crippen molar-refractivity contribution in [1.82, 2.24) is 14.7 Å². The van der Waals surface area contributed by atoms with Crippen LogP contribution in [0.4, 0.5) is 0 Å². The largest absolute Gasteiger partial charge is 0.340 e. The smallest absolute Gasteiger partial charge is 0.225 e. The monoisotopic (exact) mass is 385 g/mol. The summed E-state index contributed by atoms with van der Waals surface area (Å²) >= 11 is 0. The van der Waals surface area contributed by atoms with Gasteiger partial charge in [-0.05, 0) is 44.7 Å². The molecular formula is C23H35N3O2. The van der Waals surface area contributed by atoms with Crippen molar-refractivity contribution in [2.75, 3.05) is 39.3 Å². The highest BCUT2D eigenvalue weighted by Crippen LogP contribution is 2.32. The van der Waals surface area contributed by atoms with Crippen molar-refractivity contribution in [1.29, 1.82) is 0 Å². The van der Waals surface area contributed by atoms with Gasteiger partial charge >= 0.3 is 0 Å². The lowest BCUT2D eigenvalue weighted by Gasteiger charge is -2.38. The Morgan fingerprint density at radius 3 is 2.11 bits per heavy atom. The first-order valence-electron chi connectivity index (χ1n) is 11.0. The second-order valence-electron chi connectivity index (χ2n) is 8.15. The molecule has 1 heterocycles. The number of hydrogen-bond donors (Lipinski definition) is 0. The lowest BCUT2D eigenvalue weighted by molar-refractivity contribution is -0.142. The molecule has 2 amide bonds. The molecule has 1 aromatic rings. The van der Waals surface area contributed by atoms with Gasteiger partial charge in [0.25, 0.3) is 0 Å². The zero-order chi connectivity index (χ0) is 19.9. The van der Waals surface area contributed by atoms with Crippen molar-refractivity contribution < 1.29 is 9.59 Å². The highest BCUT2D eigenvalue weighted by atomic mass is 16.2. The molecule has 2 aliphatic rings. The Labute approximate surface area is 169 Å². The van der Waals surface area contributed by atoms with E-state index in [1.54, 1.807) is 0 Å². The molecule has 2 fully saturated rings. The van der Waals surface area contributed by atoms with Crippen molar-refractivity contribution in [3.8, 4) is 0 Å². The van der Waals surface area contributed by atoms with Crippen LogP contribution in [-0.2, 0) is 16.1 Å². The van der Waals surface area contributed by atoms with Crippen molar-refractivity contribution in [2.45, 2.75) is 46.1 Å². The number of benzene rings is 1. The van der Waals surface area contributed by atoms with E-state index < -0.39 is 0 Å². The van der Waals surface area contributed by atoms with E-state index in [-0.39, 0.29) is 17.7 Å². The number of carbonyl (C=O) groups is 2. The predicted octanol–water partition coefficient (Wildman–Crippen LogP) is 3.01. The molecule has 28 heavy (non-hydrogen) atoms. The van der Waals surface area contributed by atoms with Crippen LogP contribution in [0.2, 0.25) is 0 Å². The average Bonchev–Trinajstić information content (AvgIpc) is 2.77. The Hall–Kier alpha value is -1.88. The maximum absolute atomic E-state index is 13.0. The maximum Gasteiger partial charge on any atom is 0.225 e. The zero-order valence-electron chi connectivity index (χ0n) is 17.5. The number of likely N-dealkylation sites (N-methyl/N-ethyl adjacent to an activating group) is 1. The fraction of sp³-hybridized carbons (Fsp3) is 0.652. The predicted molar refractivity (Wildman–Crippen MR) is 112 cm³/mol. The topological polar surface area (TPSA) is 43.9 Å². The first-order valence-corrected chi connectivity index (χ1v) is 11.0. The minimum atomic E-state index is 0.0738. The Balaban J connectivity index is 1.48. The van der Waals surface area contributed by atoms with Crippen LogP contribution in [0.5, 0.6) is 0 Å². The molecule has 1 saturated heterocycles. The second-order valence-corrected chi connectivity index (χ2v) is 8.15. The van der Waals surface area contributed by atoms with Gasteiger partial charge in [0.05, 0.1) is 0 Å². The minimum absolute atomic E-state index is 0.0738. The van der Waals surface area contributed by atoms with E-state index in [2.05, 4.69) is 24.0 Å². The van der Waals surface area contributed by atoms with Crippen LogP contribution in [0, 0.1) is 11.8 Å². The minimum Gasteiger partial charge on any atom is -0.340 e. The molecule has 0 aromatic heterocycles. The molecule has 1 aromatic carbocycles. The molecule has 3 rings (SSSR count). The maximum atomic E-state index is 13.0. The van der Waals surface area contributed by atoms with Gasteiger partial charge in [0, 0.05) is 51.1 Å². The van der Waals surface area contributed by atoms with E-state index in [0.717, 1.165) is 65.0 Å². The van der Waals surface area contributed by atoms with Crippen molar-refractivity contribution in [2.24, 2.45) is 11.8 Å². The van der Waals surface area contributed by atoms with Gasteiger partial charge < -0.3 is 14.7 Å². The average molecular weight is 386 g/mol. The number of amides is 2. The molecule has 154 valence electrons. The normalized spacial score (nSPS) is 23.4. The fourth-order valence-electron chi connectivity index (χ4n) is 4.54. The van der Waals surface area contributed by atoms with Gasteiger partial charge in [-0.25, -0.2) is 0 Å². The molecule has 1 aliphatic heterocycles. The van der Waals surface area contributed by atoms with E-state index in [1.807, 2.05) is 34.9 Å². The van der Waals surface area contributed by atoms with Crippen molar-refractivity contribution in [3.05, 3.63) is 35.9 Å². The third kappa shape index (κ3) is 5.13. The van der Waals surface area contributed by atoms with Crippen molar-refractivity contribution >= 4 is 11.8 Å². The lowest BCUT2D eigenvalue weighted by Crippen LogP contribution is -2.50. The highest BCUT2D eigenvalue weighted by molar-refractivity contribution is 5.81. The molecule has 5 nitrogen and oxygen atoms in total. The number of carbonyl (C=O) groups excluding carboxylic acids is 2. The third-order valence-electron chi connectivity index (χ3n) is 6.47. The van der Waals surface area contributed by atoms with Gasteiger partial charge in [-0.2, -0.15) is 0 Å². The van der Waals surface area contributed by atoms with Crippen LogP contribution in [0.25, 0.3) is 0 Å². The van der Waals surface area contributed by atoms with Crippen LogP contribution in [0.3, 0.4) is 0 Å². The molecule has 1 saturated carbocycles. The number of hydrogen-bond acceptors (Lipinski definition) is 3. The van der Waals surface area contributed by atoms with Gasteiger partial charge in [-0.3, -0.25) is 9.59 Å². The SMILES string of the molecule is CCN1CCN(C(=O)C2CCC(C(=O)N(CC)Cc3ccccc3)CC2)CC1. The zero-order valence-corrected chi connectivity index (χ0v) is 17.5. The molecule has 0 unspecified atom stereocenters.